The van der Waals surface area contributed by atoms with Crippen molar-refractivity contribution < 1.29 is 14.6 Å². The molecule has 1 aliphatic rings. The predicted molar refractivity (Wildman–Crippen MR) is 56.2 cm³/mol. The van der Waals surface area contributed by atoms with Gasteiger partial charge in [-0.15, -0.1) is 0 Å². The summed E-state index contributed by atoms with van der Waals surface area (Å²) in [6.07, 6.45) is 0. The molecule has 1 heterocycles. The molecule has 0 bridgehead atoms. The lowest BCUT2D eigenvalue weighted by Gasteiger charge is -2.24. The van der Waals surface area contributed by atoms with E-state index in [1.54, 1.807) is 13.2 Å². The molecule has 4 nitrogen and oxygen atoms in total. The summed E-state index contributed by atoms with van der Waals surface area (Å²) in [4.78, 5) is 0. The molecule has 0 aliphatic carbocycles. The second kappa shape index (κ2) is 4.51. The molecule has 2 rings (SSSR count). The van der Waals surface area contributed by atoms with E-state index in [1.807, 2.05) is 12.1 Å². The van der Waals surface area contributed by atoms with E-state index < -0.39 is 0 Å². The van der Waals surface area contributed by atoms with Gasteiger partial charge in [0.2, 0.25) is 0 Å². The van der Waals surface area contributed by atoms with Crippen LogP contribution in [-0.2, 0) is 4.74 Å². The normalized spacial score (nSPS) is 21.3. The fraction of sp³-hybridized carbons (Fsp3) is 0.455. The summed E-state index contributed by atoms with van der Waals surface area (Å²) in [5, 5.41) is 13.1. The summed E-state index contributed by atoms with van der Waals surface area (Å²) >= 11 is 0. The van der Waals surface area contributed by atoms with Crippen LogP contribution in [0.4, 0.5) is 0 Å². The van der Waals surface area contributed by atoms with E-state index in [0.29, 0.717) is 12.4 Å². The van der Waals surface area contributed by atoms with Crippen molar-refractivity contribution in [1.29, 1.82) is 0 Å². The minimum Gasteiger partial charge on any atom is -0.507 e. The number of morpholine rings is 1. The monoisotopic (exact) mass is 209 g/mol. The van der Waals surface area contributed by atoms with Gasteiger partial charge in [-0.05, 0) is 12.1 Å². The van der Waals surface area contributed by atoms with Gasteiger partial charge >= 0.3 is 0 Å². The first kappa shape index (κ1) is 10.3. The van der Waals surface area contributed by atoms with Crippen LogP contribution in [0.5, 0.6) is 11.5 Å². The molecule has 1 aromatic carbocycles. The van der Waals surface area contributed by atoms with E-state index in [-0.39, 0.29) is 11.8 Å². The largest absolute Gasteiger partial charge is 0.507 e. The van der Waals surface area contributed by atoms with E-state index in [9.17, 15) is 5.11 Å². The Kier molecular flexibility index (Phi) is 3.08. The van der Waals surface area contributed by atoms with Gasteiger partial charge in [0.25, 0.3) is 0 Å². The summed E-state index contributed by atoms with van der Waals surface area (Å²) in [6.45, 7) is 2.14. The Labute approximate surface area is 88.8 Å². The molecule has 82 valence electrons. The number of methoxy groups -OCH3 is 1. The van der Waals surface area contributed by atoms with Gasteiger partial charge in [-0.1, -0.05) is 0 Å². The highest BCUT2D eigenvalue weighted by Gasteiger charge is 2.18. The van der Waals surface area contributed by atoms with Gasteiger partial charge in [0.05, 0.1) is 26.4 Å². The Bertz CT molecular complexity index is 335. The number of ether oxygens (including phenoxy) is 2. The van der Waals surface area contributed by atoms with Crippen LogP contribution in [0.25, 0.3) is 0 Å². The first-order valence-corrected chi connectivity index (χ1v) is 4.99. The summed E-state index contributed by atoms with van der Waals surface area (Å²) in [6, 6.07) is 5.39. The Hall–Kier alpha value is -1.26. The van der Waals surface area contributed by atoms with Gasteiger partial charge in [-0.3, -0.25) is 0 Å². The first-order chi connectivity index (χ1) is 7.31. The smallest absolute Gasteiger partial charge is 0.124 e. The standard InChI is InChI=1S/C11H15NO3/c1-14-8-2-3-9(11(13)6-8)10-7-15-5-4-12-10/h2-3,6,10,12-13H,4-5,7H2,1H3/t10-/m1/s1. The van der Waals surface area contributed by atoms with Gasteiger partial charge in [0, 0.05) is 18.2 Å². The van der Waals surface area contributed by atoms with Crippen LogP contribution in [0.15, 0.2) is 18.2 Å². The molecule has 1 aliphatic heterocycles. The average molecular weight is 209 g/mol. The molecule has 15 heavy (non-hydrogen) atoms. The van der Waals surface area contributed by atoms with E-state index in [0.717, 1.165) is 18.7 Å². The van der Waals surface area contributed by atoms with Gasteiger partial charge in [0.1, 0.15) is 11.5 Å². The Balaban J connectivity index is 2.19. The molecule has 0 saturated carbocycles. The molecule has 4 heteroatoms. The molecule has 1 aromatic rings. The summed E-state index contributed by atoms with van der Waals surface area (Å²) < 4.78 is 10.4. The van der Waals surface area contributed by atoms with Crippen LogP contribution >= 0.6 is 0 Å². The van der Waals surface area contributed by atoms with Crippen molar-refractivity contribution in [1.82, 2.24) is 5.32 Å². The lowest BCUT2D eigenvalue weighted by molar-refractivity contribution is 0.0760. The molecule has 0 aromatic heterocycles. The van der Waals surface area contributed by atoms with Crippen molar-refractivity contribution in [3.8, 4) is 11.5 Å². The highest BCUT2D eigenvalue weighted by molar-refractivity contribution is 5.41. The summed E-state index contributed by atoms with van der Waals surface area (Å²) in [5.41, 5.74) is 0.857. The first-order valence-electron chi connectivity index (χ1n) is 4.99. The molecular formula is C11H15NO3. The number of phenolic OH excluding ortho intramolecular Hbond substituents is 1. The Morgan fingerprint density at radius 1 is 1.53 bits per heavy atom. The van der Waals surface area contributed by atoms with Gasteiger partial charge in [0.15, 0.2) is 0 Å². The van der Waals surface area contributed by atoms with E-state index in [1.165, 1.54) is 0 Å². The number of benzene rings is 1. The second-order valence-electron chi connectivity index (χ2n) is 3.51. The zero-order valence-electron chi connectivity index (χ0n) is 8.69. The van der Waals surface area contributed by atoms with Crippen molar-refractivity contribution in [2.24, 2.45) is 0 Å². The van der Waals surface area contributed by atoms with Crippen LogP contribution in [0.3, 0.4) is 0 Å². The molecule has 0 amide bonds. The fourth-order valence-electron chi connectivity index (χ4n) is 1.71. The number of hydrogen-bond acceptors (Lipinski definition) is 4. The van der Waals surface area contributed by atoms with Crippen LogP contribution in [-0.4, -0.2) is 32.0 Å². The van der Waals surface area contributed by atoms with Crippen molar-refractivity contribution in [2.75, 3.05) is 26.9 Å². The maximum absolute atomic E-state index is 9.80. The minimum atomic E-state index is 0.0738. The third kappa shape index (κ3) is 2.22. The van der Waals surface area contributed by atoms with Crippen molar-refractivity contribution in [2.45, 2.75) is 6.04 Å². The van der Waals surface area contributed by atoms with Crippen LogP contribution in [0.1, 0.15) is 11.6 Å². The Morgan fingerprint density at radius 3 is 3.00 bits per heavy atom. The number of phenols is 1. The maximum atomic E-state index is 9.80. The third-order valence-corrected chi connectivity index (χ3v) is 2.53. The van der Waals surface area contributed by atoms with Crippen molar-refractivity contribution in [3.05, 3.63) is 23.8 Å². The molecular weight excluding hydrogens is 194 g/mol. The van der Waals surface area contributed by atoms with E-state index in [4.69, 9.17) is 9.47 Å². The highest BCUT2D eigenvalue weighted by atomic mass is 16.5. The molecule has 0 unspecified atom stereocenters. The summed E-state index contributed by atoms with van der Waals surface area (Å²) in [7, 11) is 1.58. The van der Waals surface area contributed by atoms with Gasteiger partial charge in [-0.25, -0.2) is 0 Å². The number of nitrogens with one attached hydrogen (secondary N) is 1. The minimum absolute atomic E-state index is 0.0738. The number of rotatable bonds is 2. The second-order valence-corrected chi connectivity index (χ2v) is 3.51. The predicted octanol–water partition coefficient (Wildman–Crippen LogP) is 1.06. The van der Waals surface area contributed by atoms with Gasteiger partial charge < -0.3 is 19.9 Å². The Morgan fingerprint density at radius 2 is 2.40 bits per heavy atom. The summed E-state index contributed by atoms with van der Waals surface area (Å²) in [5.74, 6) is 0.908. The number of hydrogen-bond donors (Lipinski definition) is 2. The SMILES string of the molecule is COc1ccc([C@H]2COCCN2)c(O)c1. The lowest BCUT2D eigenvalue weighted by atomic mass is 10.1. The zero-order valence-corrected chi connectivity index (χ0v) is 8.69. The molecule has 1 saturated heterocycles. The zero-order chi connectivity index (χ0) is 10.7. The average Bonchev–Trinajstić information content (AvgIpc) is 2.30. The third-order valence-electron chi connectivity index (χ3n) is 2.53. The molecule has 1 atom stereocenters. The van der Waals surface area contributed by atoms with E-state index >= 15 is 0 Å². The van der Waals surface area contributed by atoms with Crippen LogP contribution < -0.4 is 10.1 Å². The maximum Gasteiger partial charge on any atom is 0.124 e. The lowest BCUT2D eigenvalue weighted by Crippen LogP contribution is -2.34. The molecule has 2 N–H and O–H groups in total. The van der Waals surface area contributed by atoms with Crippen LogP contribution in [0.2, 0.25) is 0 Å². The topological polar surface area (TPSA) is 50.7 Å². The fourth-order valence-corrected chi connectivity index (χ4v) is 1.71. The van der Waals surface area contributed by atoms with Gasteiger partial charge in [-0.2, -0.15) is 0 Å². The number of aromatic hydroxyl groups is 1. The van der Waals surface area contributed by atoms with Crippen molar-refractivity contribution in [3.63, 3.8) is 0 Å². The highest BCUT2D eigenvalue weighted by Crippen LogP contribution is 2.29. The van der Waals surface area contributed by atoms with Crippen molar-refractivity contribution >= 4 is 0 Å². The van der Waals surface area contributed by atoms with Crippen LogP contribution in [0, 0.1) is 0 Å². The molecule has 0 spiro atoms. The van der Waals surface area contributed by atoms with E-state index in [2.05, 4.69) is 5.32 Å². The quantitative estimate of drug-likeness (QED) is 0.764. The molecule has 0 radical (unpaired) electrons. The molecule has 1 fully saturated rings.